The topological polar surface area (TPSA) is 60.9 Å². The van der Waals surface area contributed by atoms with E-state index in [1.807, 2.05) is 27.7 Å². The summed E-state index contributed by atoms with van der Waals surface area (Å²) in [5.41, 5.74) is 6.36. The summed E-state index contributed by atoms with van der Waals surface area (Å²) < 4.78 is 2.46. The molecule has 0 bridgehead atoms. The van der Waals surface area contributed by atoms with E-state index in [0.717, 1.165) is 4.47 Å². The lowest BCUT2D eigenvalue weighted by Gasteiger charge is -2.17. The van der Waals surface area contributed by atoms with E-state index in [1.54, 1.807) is 10.9 Å². The second kappa shape index (κ2) is 5.10. The highest BCUT2D eigenvalue weighted by Gasteiger charge is 2.25. The van der Waals surface area contributed by atoms with Crippen LogP contribution in [0.2, 0.25) is 0 Å². The van der Waals surface area contributed by atoms with Gasteiger partial charge >= 0.3 is 0 Å². The van der Waals surface area contributed by atoms with Crippen LogP contribution in [0.4, 0.5) is 0 Å². The molecule has 0 radical (unpaired) electrons. The first-order valence-corrected chi connectivity index (χ1v) is 6.18. The van der Waals surface area contributed by atoms with Crippen molar-refractivity contribution in [3.05, 3.63) is 16.4 Å². The van der Waals surface area contributed by atoms with Gasteiger partial charge in [0, 0.05) is 18.0 Å². The van der Waals surface area contributed by atoms with Gasteiger partial charge in [-0.1, -0.05) is 6.92 Å². The summed E-state index contributed by atoms with van der Waals surface area (Å²) in [4.78, 5) is 12.2. The fourth-order valence-corrected chi connectivity index (χ4v) is 1.89. The molecule has 0 amide bonds. The normalized spacial score (nSPS) is 15.2. The molecule has 2 atom stereocenters. The second-order valence-electron chi connectivity index (χ2n) is 4.39. The van der Waals surface area contributed by atoms with Gasteiger partial charge in [0.1, 0.15) is 5.69 Å². The lowest BCUT2D eigenvalue weighted by Crippen LogP contribution is -2.32. The Labute approximate surface area is 104 Å². The van der Waals surface area contributed by atoms with Gasteiger partial charge in [-0.25, -0.2) is 0 Å². The fourth-order valence-electron chi connectivity index (χ4n) is 1.42. The van der Waals surface area contributed by atoms with Crippen LogP contribution in [0.5, 0.6) is 0 Å². The number of rotatable bonds is 4. The number of nitrogens with two attached hydrogens (primary N) is 1. The van der Waals surface area contributed by atoms with Gasteiger partial charge in [0.15, 0.2) is 5.78 Å². The van der Waals surface area contributed by atoms with E-state index in [4.69, 9.17) is 5.73 Å². The van der Waals surface area contributed by atoms with Crippen molar-refractivity contribution < 1.29 is 4.79 Å². The Morgan fingerprint density at radius 3 is 2.44 bits per heavy atom. The van der Waals surface area contributed by atoms with Crippen molar-refractivity contribution in [2.24, 2.45) is 11.7 Å². The first-order valence-electron chi connectivity index (χ1n) is 5.39. The Bertz CT molecular complexity index is 385. The van der Waals surface area contributed by atoms with Gasteiger partial charge in [0.2, 0.25) is 0 Å². The van der Waals surface area contributed by atoms with E-state index < -0.39 is 0 Å². The molecule has 1 heterocycles. The van der Waals surface area contributed by atoms with Crippen LogP contribution in [0, 0.1) is 5.92 Å². The monoisotopic (exact) mass is 287 g/mol. The van der Waals surface area contributed by atoms with E-state index in [0.29, 0.717) is 5.69 Å². The highest BCUT2D eigenvalue weighted by atomic mass is 79.9. The summed E-state index contributed by atoms with van der Waals surface area (Å²) in [5, 5.41) is 4.19. The van der Waals surface area contributed by atoms with Crippen LogP contribution in [0.1, 0.15) is 44.2 Å². The number of carbonyl (C=O) groups is 1. The Morgan fingerprint density at radius 1 is 1.44 bits per heavy atom. The summed E-state index contributed by atoms with van der Waals surface area (Å²) in [5.74, 6) is -0.168. The van der Waals surface area contributed by atoms with Crippen LogP contribution in [0.25, 0.3) is 0 Å². The predicted octanol–water partition coefficient (Wildman–Crippen LogP) is 2.39. The summed E-state index contributed by atoms with van der Waals surface area (Å²) in [7, 11) is 0. The quantitative estimate of drug-likeness (QED) is 0.865. The fraction of sp³-hybridized carbons (Fsp3) is 0.636. The largest absolute Gasteiger partial charge is 0.327 e. The van der Waals surface area contributed by atoms with E-state index in [1.165, 1.54) is 0 Å². The average molecular weight is 288 g/mol. The van der Waals surface area contributed by atoms with Crippen LogP contribution in [0.15, 0.2) is 10.7 Å². The van der Waals surface area contributed by atoms with Gasteiger partial charge < -0.3 is 5.73 Å². The zero-order chi connectivity index (χ0) is 12.5. The first kappa shape index (κ1) is 13.4. The maximum absolute atomic E-state index is 12.2. The van der Waals surface area contributed by atoms with Crippen molar-refractivity contribution in [3.8, 4) is 0 Å². The standard InChI is InChI=1S/C11H18BrN3O/c1-6(2)15-10(9(12)5-14-15)11(16)7(3)8(4)13/h5-8H,13H2,1-4H3. The Kier molecular flexibility index (Phi) is 4.27. The van der Waals surface area contributed by atoms with Gasteiger partial charge in [-0.15, -0.1) is 0 Å². The Balaban J connectivity index is 3.12. The molecule has 2 unspecified atom stereocenters. The minimum atomic E-state index is -0.203. The second-order valence-corrected chi connectivity index (χ2v) is 5.25. The number of nitrogens with zero attached hydrogens (tertiary/aromatic N) is 2. The molecule has 5 heteroatoms. The van der Waals surface area contributed by atoms with Crippen molar-refractivity contribution in [2.45, 2.75) is 39.8 Å². The minimum absolute atomic E-state index is 0.0353. The molecule has 16 heavy (non-hydrogen) atoms. The number of aromatic nitrogens is 2. The summed E-state index contributed by atoms with van der Waals surface area (Å²) in [6.07, 6.45) is 1.65. The lowest BCUT2D eigenvalue weighted by atomic mass is 9.97. The average Bonchev–Trinajstić information content (AvgIpc) is 2.57. The summed E-state index contributed by atoms with van der Waals surface area (Å²) >= 11 is 3.36. The van der Waals surface area contributed by atoms with Gasteiger partial charge in [0.05, 0.1) is 10.7 Å². The maximum Gasteiger partial charge on any atom is 0.186 e. The smallest absolute Gasteiger partial charge is 0.186 e. The van der Waals surface area contributed by atoms with Crippen LogP contribution in [-0.4, -0.2) is 21.6 Å². The number of carbonyl (C=O) groups excluding carboxylic acids is 1. The van der Waals surface area contributed by atoms with Crippen LogP contribution in [-0.2, 0) is 0 Å². The molecule has 90 valence electrons. The first-order chi connectivity index (χ1) is 7.36. The number of hydrogen-bond donors (Lipinski definition) is 1. The van der Waals surface area contributed by atoms with Crippen molar-refractivity contribution in [1.82, 2.24) is 9.78 Å². The molecule has 0 aliphatic heterocycles. The number of Topliss-reactive ketones (excluding diaryl/α,β-unsaturated/α-hetero) is 1. The van der Waals surface area contributed by atoms with Crippen molar-refractivity contribution >= 4 is 21.7 Å². The molecule has 0 spiro atoms. The molecule has 1 rings (SSSR count). The van der Waals surface area contributed by atoms with Crippen molar-refractivity contribution in [3.63, 3.8) is 0 Å². The third-order valence-electron chi connectivity index (χ3n) is 2.68. The SMILES string of the molecule is CC(N)C(C)C(=O)c1c(Br)cnn1C(C)C. The Hall–Kier alpha value is -0.680. The van der Waals surface area contributed by atoms with E-state index >= 15 is 0 Å². The molecule has 0 saturated heterocycles. The van der Waals surface area contributed by atoms with E-state index in [2.05, 4.69) is 21.0 Å². The number of hydrogen-bond acceptors (Lipinski definition) is 3. The maximum atomic E-state index is 12.2. The zero-order valence-electron chi connectivity index (χ0n) is 10.1. The molecule has 0 saturated carbocycles. The van der Waals surface area contributed by atoms with Crippen molar-refractivity contribution in [1.29, 1.82) is 0 Å². The van der Waals surface area contributed by atoms with Gasteiger partial charge in [0.25, 0.3) is 0 Å². The molecule has 0 aliphatic rings. The Morgan fingerprint density at radius 2 is 2.00 bits per heavy atom. The van der Waals surface area contributed by atoms with Crippen molar-refractivity contribution in [2.75, 3.05) is 0 Å². The van der Waals surface area contributed by atoms with Crippen LogP contribution < -0.4 is 5.73 Å². The number of ketones is 1. The van der Waals surface area contributed by atoms with E-state index in [-0.39, 0.29) is 23.8 Å². The molecule has 1 aromatic heterocycles. The van der Waals surface area contributed by atoms with Gasteiger partial charge in [-0.2, -0.15) is 5.10 Å². The molecular weight excluding hydrogens is 270 g/mol. The molecule has 4 nitrogen and oxygen atoms in total. The molecule has 0 aromatic carbocycles. The van der Waals surface area contributed by atoms with E-state index in [9.17, 15) is 4.79 Å². The van der Waals surface area contributed by atoms with Crippen LogP contribution >= 0.6 is 15.9 Å². The highest BCUT2D eigenvalue weighted by Crippen LogP contribution is 2.23. The molecule has 1 aromatic rings. The molecule has 2 N–H and O–H groups in total. The van der Waals surface area contributed by atoms with Gasteiger partial charge in [-0.05, 0) is 36.7 Å². The minimum Gasteiger partial charge on any atom is -0.327 e. The highest BCUT2D eigenvalue weighted by molar-refractivity contribution is 9.10. The predicted molar refractivity (Wildman–Crippen MR) is 67.5 cm³/mol. The summed E-state index contributed by atoms with van der Waals surface area (Å²) in [6, 6.07) is 0.000410. The third-order valence-corrected chi connectivity index (χ3v) is 3.26. The van der Waals surface area contributed by atoms with Gasteiger partial charge in [-0.3, -0.25) is 9.48 Å². The molecule has 0 aliphatic carbocycles. The third kappa shape index (κ3) is 2.52. The summed E-state index contributed by atoms with van der Waals surface area (Å²) in [6.45, 7) is 7.67. The lowest BCUT2D eigenvalue weighted by molar-refractivity contribution is 0.0903. The van der Waals surface area contributed by atoms with Crippen LogP contribution in [0.3, 0.4) is 0 Å². The zero-order valence-corrected chi connectivity index (χ0v) is 11.7. The molecule has 0 fully saturated rings. The molecular formula is C11H18BrN3O. The number of halogens is 1.